The molecular weight excluding hydrogens is 368 g/mol. The number of aryl methyl sites for hydroxylation is 1. The molecule has 1 atom stereocenters. The minimum Gasteiger partial charge on any atom is -0.352 e. The maximum Gasteiger partial charge on any atom is 0.252 e. The van der Waals surface area contributed by atoms with Crippen molar-refractivity contribution in [3.05, 3.63) is 52.9 Å². The fraction of sp³-hybridized carbons (Fsp3) is 0.421. The lowest BCUT2D eigenvalue weighted by atomic mass is 9.82. The summed E-state index contributed by atoms with van der Waals surface area (Å²) in [5.41, 5.74) is 1.49. The van der Waals surface area contributed by atoms with Gasteiger partial charge in [-0.3, -0.25) is 4.79 Å². The number of thiophene rings is 1. The summed E-state index contributed by atoms with van der Waals surface area (Å²) < 4.78 is 27.3. The highest BCUT2D eigenvalue weighted by atomic mass is 32.2. The zero-order valence-electron chi connectivity index (χ0n) is 15.1. The van der Waals surface area contributed by atoms with Crippen LogP contribution in [-0.2, 0) is 21.4 Å². The highest BCUT2D eigenvalue weighted by Gasteiger charge is 2.42. The lowest BCUT2D eigenvalue weighted by Crippen LogP contribution is -2.51. The van der Waals surface area contributed by atoms with Gasteiger partial charge in [0.15, 0.2) is 0 Å². The van der Waals surface area contributed by atoms with Gasteiger partial charge in [0.1, 0.15) is 4.21 Å². The summed E-state index contributed by atoms with van der Waals surface area (Å²) in [6, 6.07) is 11.4. The third-order valence-electron chi connectivity index (χ3n) is 4.87. The van der Waals surface area contributed by atoms with Crippen LogP contribution in [0.25, 0.3) is 0 Å². The number of piperidine rings is 1. The van der Waals surface area contributed by atoms with Crippen LogP contribution in [0.5, 0.6) is 0 Å². The molecule has 7 heteroatoms. The number of rotatable bonds is 5. The Labute approximate surface area is 159 Å². The van der Waals surface area contributed by atoms with Crippen molar-refractivity contribution in [3.8, 4) is 0 Å². The van der Waals surface area contributed by atoms with E-state index in [0.717, 1.165) is 5.56 Å². The summed E-state index contributed by atoms with van der Waals surface area (Å²) >= 11 is 1.21. The standard InChI is InChI=1S/C19H24N2O3S2/c1-15-6-8-16(9-7-15)13-20-18(22)19(2)10-4-11-21(14-19)26(23,24)17-5-3-12-25-17/h3,5-9,12H,4,10-11,13-14H2,1-2H3,(H,20,22). The first-order chi connectivity index (χ1) is 12.3. The minimum atomic E-state index is -3.52. The molecule has 1 amide bonds. The molecule has 1 aromatic carbocycles. The van der Waals surface area contributed by atoms with Crippen LogP contribution in [0, 0.1) is 12.3 Å². The molecule has 0 radical (unpaired) electrons. The summed E-state index contributed by atoms with van der Waals surface area (Å²) in [4.78, 5) is 12.8. The monoisotopic (exact) mass is 392 g/mol. The van der Waals surface area contributed by atoms with E-state index in [2.05, 4.69) is 5.32 Å². The van der Waals surface area contributed by atoms with E-state index in [0.29, 0.717) is 30.1 Å². The van der Waals surface area contributed by atoms with Gasteiger partial charge >= 0.3 is 0 Å². The van der Waals surface area contributed by atoms with E-state index in [1.54, 1.807) is 17.5 Å². The van der Waals surface area contributed by atoms with Crippen LogP contribution in [0.3, 0.4) is 0 Å². The van der Waals surface area contributed by atoms with Crippen molar-refractivity contribution >= 4 is 27.3 Å². The summed E-state index contributed by atoms with van der Waals surface area (Å²) in [5, 5.41) is 4.73. The van der Waals surface area contributed by atoms with Crippen LogP contribution in [-0.4, -0.2) is 31.7 Å². The van der Waals surface area contributed by atoms with E-state index >= 15 is 0 Å². The second kappa shape index (κ2) is 7.50. The molecule has 26 heavy (non-hydrogen) atoms. The number of nitrogens with zero attached hydrogens (tertiary/aromatic N) is 1. The van der Waals surface area contributed by atoms with Crippen LogP contribution in [0.1, 0.15) is 30.9 Å². The highest BCUT2D eigenvalue weighted by molar-refractivity contribution is 7.91. The Morgan fingerprint density at radius 1 is 1.27 bits per heavy atom. The molecule has 0 spiro atoms. The third kappa shape index (κ3) is 4.00. The van der Waals surface area contributed by atoms with Crippen molar-refractivity contribution in [3.63, 3.8) is 0 Å². The first-order valence-corrected chi connectivity index (χ1v) is 11.0. The molecule has 5 nitrogen and oxygen atoms in total. The van der Waals surface area contributed by atoms with Gasteiger partial charge in [-0.2, -0.15) is 4.31 Å². The van der Waals surface area contributed by atoms with Crippen LogP contribution in [0.15, 0.2) is 46.0 Å². The molecule has 2 aromatic rings. The topological polar surface area (TPSA) is 66.5 Å². The largest absolute Gasteiger partial charge is 0.352 e. The lowest BCUT2D eigenvalue weighted by molar-refractivity contribution is -0.132. The number of sulfonamides is 1. The highest BCUT2D eigenvalue weighted by Crippen LogP contribution is 2.33. The van der Waals surface area contributed by atoms with E-state index in [1.165, 1.54) is 21.2 Å². The molecule has 1 N–H and O–H groups in total. The van der Waals surface area contributed by atoms with Gasteiger partial charge in [-0.05, 0) is 43.7 Å². The van der Waals surface area contributed by atoms with E-state index in [-0.39, 0.29) is 12.5 Å². The second-order valence-electron chi connectivity index (χ2n) is 7.10. The first-order valence-electron chi connectivity index (χ1n) is 8.69. The number of nitrogens with one attached hydrogen (secondary N) is 1. The van der Waals surface area contributed by atoms with Gasteiger partial charge < -0.3 is 5.32 Å². The van der Waals surface area contributed by atoms with E-state index in [4.69, 9.17) is 0 Å². The Balaban J connectivity index is 1.68. The minimum absolute atomic E-state index is 0.0934. The van der Waals surface area contributed by atoms with Crippen LogP contribution in [0.2, 0.25) is 0 Å². The SMILES string of the molecule is Cc1ccc(CNC(=O)C2(C)CCCN(S(=O)(=O)c3cccs3)C2)cc1. The number of carbonyl (C=O) groups excluding carboxylic acids is 1. The normalized spacial score (nSPS) is 21.5. The maximum atomic E-state index is 12.8. The predicted molar refractivity (Wildman–Crippen MR) is 103 cm³/mol. The smallest absolute Gasteiger partial charge is 0.252 e. The van der Waals surface area contributed by atoms with Gasteiger partial charge in [-0.1, -0.05) is 35.9 Å². The van der Waals surface area contributed by atoms with Gasteiger partial charge in [-0.15, -0.1) is 11.3 Å². The van der Waals surface area contributed by atoms with Gasteiger partial charge in [0.25, 0.3) is 10.0 Å². The molecule has 3 rings (SSSR count). The van der Waals surface area contributed by atoms with Crippen molar-refractivity contribution in [1.29, 1.82) is 0 Å². The molecule has 1 aliphatic rings. The zero-order valence-corrected chi connectivity index (χ0v) is 16.7. The first kappa shape index (κ1) is 19.1. The molecule has 0 saturated carbocycles. The predicted octanol–water partition coefficient (Wildman–Crippen LogP) is 3.16. The molecule has 1 saturated heterocycles. The average molecular weight is 393 g/mol. The average Bonchev–Trinajstić information content (AvgIpc) is 3.16. The van der Waals surface area contributed by atoms with Crippen molar-refractivity contribution in [1.82, 2.24) is 9.62 Å². The maximum absolute atomic E-state index is 12.8. The summed E-state index contributed by atoms with van der Waals surface area (Å²) in [7, 11) is -3.52. The number of amides is 1. The Bertz CT molecular complexity index is 861. The van der Waals surface area contributed by atoms with Crippen LogP contribution >= 0.6 is 11.3 Å². The van der Waals surface area contributed by atoms with E-state index in [9.17, 15) is 13.2 Å². The molecule has 1 aromatic heterocycles. The Morgan fingerprint density at radius 3 is 2.65 bits per heavy atom. The Morgan fingerprint density at radius 2 is 2.00 bits per heavy atom. The van der Waals surface area contributed by atoms with Crippen molar-refractivity contribution < 1.29 is 13.2 Å². The van der Waals surface area contributed by atoms with Gasteiger partial charge in [-0.25, -0.2) is 8.42 Å². The molecule has 1 unspecified atom stereocenters. The molecular formula is C19H24N2O3S2. The number of benzene rings is 1. The third-order valence-corrected chi connectivity index (χ3v) is 8.09. The fourth-order valence-corrected chi connectivity index (χ4v) is 5.97. The zero-order chi connectivity index (χ0) is 18.8. The molecule has 2 heterocycles. The summed E-state index contributed by atoms with van der Waals surface area (Å²) in [6.45, 7) is 5.00. The molecule has 0 aliphatic carbocycles. The number of carbonyl (C=O) groups is 1. The van der Waals surface area contributed by atoms with Gasteiger partial charge in [0.05, 0.1) is 5.41 Å². The fourth-order valence-electron chi connectivity index (χ4n) is 3.22. The quantitative estimate of drug-likeness (QED) is 0.850. The Hall–Kier alpha value is -1.70. The van der Waals surface area contributed by atoms with Crippen molar-refractivity contribution in [2.75, 3.05) is 13.1 Å². The summed E-state index contributed by atoms with van der Waals surface area (Å²) in [6.07, 6.45) is 1.36. The molecule has 1 fully saturated rings. The second-order valence-corrected chi connectivity index (χ2v) is 10.2. The number of hydrogen-bond acceptors (Lipinski definition) is 4. The van der Waals surface area contributed by atoms with Crippen LogP contribution in [0.4, 0.5) is 0 Å². The lowest BCUT2D eigenvalue weighted by Gasteiger charge is -2.38. The van der Waals surface area contributed by atoms with Crippen LogP contribution < -0.4 is 5.32 Å². The molecule has 0 bridgehead atoms. The Kier molecular flexibility index (Phi) is 5.50. The van der Waals surface area contributed by atoms with Gasteiger partial charge in [0.2, 0.25) is 5.91 Å². The van der Waals surface area contributed by atoms with Crippen molar-refractivity contribution in [2.45, 2.75) is 37.4 Å². The molecule has 1 aliphatic heterocycles. The van der Waals surface area contributed by atoms with E-state index < -0.39 is 15.4 Å². The van der Waals surface area contributed by atoms with Gasteiger partial charge in [0, 0.05) is 19.6 Å². The number of hydrogen-bond donors (Lipinski definition) is 1. The molecule has 140 valence electrons. The summed E-state index contributed by atoms with van der Waals surface area (Å²) in [5.74, 6) is -0.0934. The van der Waals surface area contributed by atoms with E-state index in [1.807, 2.05) is 38.1 Å². The van der Waals surface area contributed by atoms with Crippen molar-refractivity contribution in [2.24, 2.45) is 5.41 Å².